The van der Waals surface area contributed by atoms with Crippen molar-refractivity contribution in [2.75, 3.05) is 34.7 Å². The molecule has 5 heteroatoms. The molecule has 0 unspecified atom stereocenters. The van der Waals surface area contributed by atoms with Crippen molar-refractivity contribution in [1.82, 2.24) is 9.80 Å². The van der Waals surface area contributed by atoms with E-state index in [0.29, 0.717) is 12.1 Å². The van der Waals surface area contributed by atoms with E-state index in [1.165, 1.54) is 6.07 Å². The number of guanidine groups is 1. The van der Waals surface area contributed by atoms with Crippen LogP contribution in [0.2, 0.25) is 0 Å². The average molecular weight is 309 g/mol. The van der Waals surface area contributed by atoms with E-state index in [2.05, 4.69) is 0 Å². The molecule has 1 aliphatic rings. The summed E-state index contributed by atoms with van der Waals surface area (Å²) < 4.78 is 27.9. The molecule has 0 radical (unpaired) electrons. The molecule has 1 saturated carbocycles. The van der Waals surface area contributed by atoms with Gasteiger partial charge in [0.1, 0.15) is 0 Å². The lowest BCUT2D eigenvalue weighted by atomic mass is 9.78. The van der Waals surface area contributed by atoms with Crippen LogP contribution in [0.15, 0.2) is 23.2 Å². The van der Waals surface area contributed by atoms with Crippen LogP contribution in [0.1, 0.15) is 31.2 Å². The third-order valence-electron chi connectivity index (χ3n) is 4.41. The molecule has 1 aromatic carbocycles. The van der Waals surface area contributed by atoms with Crippen LogP contribution in [0.5, 0.6) is 0 Å². The fourth-order valence-electron chi connectivity index (χ4n) is 3.38. The van der Waals surface area contributed by atoms with Gasteiger partial charge in [-0.1, -0.05) is 25.0 Å². The Morgan fingerprint density at radius 3 is 2.23 bits per heavy atom. The highest BCUT2D eigenvalue weighted by Crippen LogP contribution is 2.42. The predicted octanol–water partition coefficient (Wildman–Crippen LogP) is 3.26. The number of aliphatic imine (C=N–C) groups is 1. The zero-order valence-electron chi connectivity index (χ0n) is 13.9. The van der Waals surface area contributed by atoms with Gasteiger partial charge in [-0.15, -0.1) is 0 Å². The van der Waals surface area contributed by atoms with Gasteiger partial charge in [0.2, 0.25) is 0 Å². The Morgan fingerprint density at radius 1 is 1.09 bits per heavy atom. The van der Waals surface area contributed by atoms with Crippen molar-refractivity contribution in [2.24, 2.45) is 4.99 Å². The topological polar surface area (TPSA) is 18.8 Å². The van der Waals surface area contributed by atoms with Gasteiger partial charge in [0, 0.05) is 33.6 Å². The maximum absolute atomic E-state index is 14.3. The maximum Gasteiger partial charge on any atom is 0.195 e. The predicted molar refractivity (Wildman–Crippen MR) is 86.2 cm³/mol. The number of benzene rings is 1. The number of rotatable bonds is 3. The normalized spacial score (nSPS) is 16.5. The largest absolute Gasteiger partial charge is 0.349 e. The molecule has 1 aliphatic carbocycles. The minimum absolute atomic E-state index is 0.385. The molecule has 0 spiro atoms. The molecule has 2 rings (SSSR count). The standard InChI is InChI=1S/C17H25F2N3/c1-21(2)16(22(3)4)20-12-17(10-5-6-11-17)13-8-7-9-14(18)15(13)19/h7-9H,5-6,10-12H2,1-4H3. The fraction of sp³-hybridized carbons (Fsp3) is 0.588. The van der Waals surface area contributed by atoms with Crippen molar-refractivity contribution < 1.29 is 8.78 Å². The van der Waals surface area contributed by atoms with Gasteiger partial charge in [-0.3, -0.25) is 4.99 Å². The molecule has 1 fully saturated rings. The number of halogens is 2. The minimum Gasteiger partial charge on any atom is -0.349 e. The number of hydrogen-bond donors (Lipinski definition) is 0. The van der Waals surface area contributed by atoms with Crippen LogP contribution in [0.3, 0.4) is 0 Å². The first-order valence-corrected chi connectivity index (χ1v) is 7.71. The Morgan fingerprint density at radius 2 is 1.68 bits per heavy atom. The van der Waals surface area contributed by atoms with Crippen LogP contribution in [0.4, 0.5) is 8.78 Å². The highest BCUT2D eigenvalue weighted by Gasteiger charge is 2.38. The highest BCUT2D eigenvalue weighted by molar-refractivity contribution is 5.79. The maximum atomic E-state index is 14.3. The summed E-state index contributed by atoms with van der Waals surface area (Å²) in [6.07, 6.45) is 3.77. The molecule has 22 heavy (non-hydrogen) atoms. The second-order valence-electron chi connectivity index (χ2n) is 6.49. The van der Waals surface area contributed by atoms with Gasteiger partial charge in [0.15, 0.2) is 17.6 Å². The summed E-state index contributed by atoms with van der Waals surface area (Å²) in [5, 5.41) is 0. The van der Waals surface area contributed by atoms with Crippen molar-refractivity contribution in [1.29, 1.82) is 0 Å². The lowest BCUT2D eigenvalue weighted by molar-refractivity contribution is 0.400. The molecule has 0 saturated heterocycles. The van der Waals surface area contributed by atoms with Gasteiger partial charge in [0.25, 0.3) is 0 Å². The first kappa shape index (κ1) is 16.7. The lowest BCUT2D eigenvalue weighted by Gasteiger charge is -2.30. The first-order chi connectivity index (χ1) is 10.4. The summed E-state index contributed by atoms with van der Waals surface area (Å²) in [4.78, 5) is 8.57. The molecular formula is C17H25F2N3. The van der Waals surface area contributed by atoms with Crippen LogP contribution in [-0.4, -0.2) is 50.5 Å². The number of nitrogens with zero attached hydrogens (tertiary/aromatic N) is 3. The van der Waals surface area contributed by atoms with Gasteiger partial charge in [0.05, 0.1) is 6.54 Å². The van der Waals surface area contributed by atoms with E-state index in [9.17, 15) is 8.78 Å². The quantitative estimate of drug-likeness (QED) is 0.630. The van der Waals surface area contributed by atoms with Crippen LogP contribution in [-0.2, 0) is 5.41 Å². The van der Waals surface area contributed by atoms with Crippen LogP contribution < -0.4 is 0 Å². The second-order valence-corrected chi connectivity index (χ2v) is 6.49. The van der Waals surface area contributed by atoms with E-state index < -0.39 is 11.6 Å². The molecule has 1 aromatic rings. The Labute approximate surface area is 131 Å². The fourth-order valence-corrected chi connectivity index (χ4v) is 3.38. The average Bonchev–Trinajstić information content (AvgIpc) is 2.91. The van der Waals surface area contributed by atoms with E-state index in [1.54, 1.807) is 12.1 Å². The third kappa shape index (κ3) is 3.23. The smallest absolute Gasteiger partial charge is 0.195 e. The van der Waals surface area contributed by atoms with Crippen LogP contribution in [0.25, 0.3) is 0 Å². The zero-order valence-corrected chi connectivity index (χ0v) is 13.9. The Bertz CT molecular complexity index is 537. The Hall–Kier alpha value is -1.65. The molecule has 0 N–H and O–H groups in total. The van der Waals surface area contributed by atoms with Gasteiger partial charge in [-0.25, -0.2) is 8.78 Å². The molecule has 0 atom stereocenters. The van der Waals surface area contributed by atoms with E-state index in [-0.39, 0.29) is 5.41 Å². The van der Waals surface area contributed by atoms with Gasteiger partial charge in [-0.05, 0) is 24.5 Å². The molecule has 0 bridgehead atoms. The van der Waals surface area contributed by atoms with Crippen molar-refractivity contribution in [3.63, 3.8) is 0 Å². The summed E-state index contributed by atoms with van der Waals surface area (Å²) in [6, 6.07) is 4.48. The van der Waals surface area contributed by atoms with Crippen molar-refractivity contribution in [3.8, 4) is 0 Å². The zero-order chi connectivity index (χ0) is 16.3. The SMILES string of the molecule is CN(C)C(=NCC1(c2cccc(F)c2F)CCCC1)N(C)C. The highest BCUT2D eigenvalue weighted by atomic mass is 19.2. The van der Waals surface area contributed by atoms with Crippen LogP contribution >= 0.6 is 0 Å². The molecule has 0 aromatic heterocycles. The Balaban J connectivity index is 2.37. The molecular weight excluding hydrogens is 284 g/mol. The second kappa shape index (κ2) is 6.63. The lowest BCUT2D eigenvalue weighted by Crippen LogP contribution is -2.37. The van der Waals surface area contributed by atoms with E-state index >= 15 is 0 Å². The molecule has 3 nitrogen and oxygen atoms in total. The van der Waals surface area contributed by atoms with Crippen molar-refractivity contribution in [3.05, 3.63) is 35.4 Å². The third-order valence-corrected chi connectivity index (χ3v) is 4.41. The first-order valence-electron chi connectivity index (χ1n) is 7.71. The van der Waals surface area contributed by atoms with Gasteiger partial charge in [-0.2, -0.15) is 0 Å². The monoisotopic (exact) mass is 309 g/mol. The summed E-state index contributed by atoms with van der Waals surface area (Å²) in [6.45, 7) is 0.485. The van der Waals surface area contributed by atoms with Crippen LogP contribution in [0, 0.1) is 11.6 Å². The molecule has 0 amide bonds. The van der Waals surface area contributed by atoms with E-state index in [4.69, 9.17) is 4.99 Å². The summed E-state index contributed by atoms with van der Waals surface area (Å²) in [7, 11) is 7.73. The van der Waals surface area contributed by atoms with Gasteiger partial charge < -0.3 is 9.80 Å². The molecule has 122 valence electrons. The summed E-state index contributed by atoms with van der Waals surface area (Å²) >= 11 is 0. The molecule has 0 heterocycles. The van der Waals surface area contributed by atoms with E-state index in [0.717, 1.165) is 31.6 Å². The molecule has 0 aliphatic heterocycles. The summed E-state index contributed by atoms with van der Waals surface area (Å²) in [5.74, 6) is -0.646. The minimum atomic E-state index is -0.770. The summed E-state index contributed by atoms with van der Waals surface area (Å²) in [5.41, 5.74) is 0.0920. The van der Waals surface area contributed by atoms with Gasteiger partial charge >= 0.3 is 0 Å². The number of hydrogen-bond acceptors (Lipinski definition) is 1. The van der Waals surface area contributed by atoms with Crippen molar-refractivity contribution >= 4 is 5.96 Å². The Kier molecular flexibility index (Phi) is 5.04. The van der Waals surface area contributed by atoms with Crippen molar-refractivity contribution in [2.45, 2.75) is 31.1 Å². The van der Waals surface area contributed by atoms with E-state index in [1.807, 2.05) is 38.0 Å².